The SMILES string of the molecule is O=C1NCCN(C(=O)Cn2cnnn2)C1c1ccc(F)cc1. The highest BCUT2D eigenvalue weighted by atomic mass is 19.1. The highest BCUT2D eigenvalue weighted by Gasteiger charge is 2.34. The fourth-order valence-electron chi connectivity index (χ4n) is 2.39. The Morgan fingerprint density at radius 2 is 2.14 bits per heavy atom. The second-order valence-corrected chi connectivity index (χ2v) is 4.84. The molecule has 0 radical (unpaired) electrons. The molecule has 1 unspecified atom stereocenters. The van der Waals surface area contributed by atoms with E-state index >= 15 is 0 Å². The van der Waals surface area contributed by atoms with Crippen LogP contribution in [-0.2, 0) is 16.1 Å². The van der Waals surface area contributed by atoms with Crippen molar-refractivity contribution in [3.05, 3.63) is 42.0 Å². The van der Waals surface area contributed by atoms with Crippen molar-refractivity contribution in [1.29, 1.82) is 0 Å². The van der Waals surface area contributed by atoms with Gasteiger partial charge in [-0.1, -0.05) is 12.1 Å². The number of aromatic nitrogens is 4. The van der Waals surface area contributed by atoms with Gasteiger partial charge in [-0.05, 0) is 28.1 Å². The molecule has 1 atom stereocenters. The van der Waals surface area contributed by atoms with E-state index in [-0.39, 0.29) is 18.4 Å². The van der Waals surface area contributed by atoms with Crippen LogP contribution in [0.3, 0.4) is 0 Å². The Morgan fingerprint density at radius 3 is 2.82 bits per heavy atom. The van der Waals surface area contributed by atoms with Gasteiger partial charge in [0.15, 0.2) is 0 Å². The van der Waals surface area contributed by atoms with E-state index in [0.717, 1.165) is 0 Å². The molecule has 9 heteroatoms. The van der Waals surface area contributed by atoms with Crippen molar-refractivity contribution < 1.29 is 14.0 Å². The van der Waals surface area contributed by atoms with Crippen LogP contribution in [0, 0.1) is 5.82 Å². The summed E-state index contributed by atoms with van der Waals surface area (Å²) < 4.78 is 14.3. The molecular formula is C13H13FN6O2. The van der Waals surface area contributed by atoms with E-state index < -0.39 is 11.9 Å². The quantitative estimate of drug-likeness (QED) is 0.826. The van der Waals surface area contributed by atoms with Gasteiger partial charge in [0, 0.05) is 13.1 Å². The largest absolute Gasteiger partial charge is 0.352 e. The minimum Gasteiger partial charge on any atom is -0.352 e. The summed E-state index contributed by atoms with van der Waals surface area (Å²) in [4.78, 5) is 26.0. The molecule has 1 saturated heterocycles. The maximum Gasteiger partial charge on any atom is 0.247 e. The van der Waals surface area contributed by atoms with Gasteiger partial charge >= 0.3 is 0 Å². The standard InChI is InChI=1S/C13H13FN6O2/c14-10-3-1-9(2-4-10)12-13(22)15-5-6-20(12)11(21)7-19-8-16-17-18-19/h1-4,8,12H,5-7H2,(H,15,22). The third kappa shape index (κ3) is 2.78. The lowest BCUT2D eigenvalue weighted by atomic mass is 10.0. The van der Waals surface area contributed by atoms with Crippen molar-refractivity contribution in [2.24, 2.45) is 0 Å². The Labute approximate surface area is 124 Å². The minimum absolute atomic E-state index is 0.0576. The highest BCUT2D eigenvalue weighted by molar-refractivity contribution is 5.89. The van der Waals surface area contributed by atoms with Gasteiger partial charge in [-0.25, -0.2) is 9.07 Å². The first-order valence-electron chi connectivity index (χ1n) is 6.68. The second-order valence-electron chi connectivity index (χ2n) is 4.84. The average molecular weight is 304 g/mol. The first kappa shape index (κ1) is 14.1. The van der Waals surface area contributed by atoms with Crippen molar-refractivity contribution in [2.45, 2.75) is 12.6 Å². The molecule has 1 fully saturated rings. The molecule has 3 rings (SSSR count). The molecule has 1 aromatic heterocycles. The highest BCUT2D eigenvalue weighted by Crippen LogP contribution is 2.23. The number of amides is 2. The first-order chi connectivity index (χ1) is 10.6. The van der Waals surface area contributed by atoms with E-state index in [0.29, 0.717) is 18.7 Å². The average Bonchev–Trinajstić information content (AvgIpc) is 3.01. The molecular weight excluding hydrogens is 291 g/mol. The topological polar surface area (TPSA) is 93.0 Å². The number of carbonyl (C=O) groups is 2. The molecule has 2 heterocycles. The monoisotopic (exact) mass is 304 g/mol. The molecule has 2 aromatic rings. The fourth-order valence-corrected chi connectivity index (χ4v) is 2.39. The van der Waals surface area contributed by atoms with Crippen molar-refractivity contribution >= 4 is 11.8 Å². The molecule has 22 heavy (non-hydrogen) atoms. The predicted octanol–water partition coefficient (Wildman–Crippen LogP) is -0.488. The Morgan fingerprint density at radius 1 is 1.36 bits per heavy atom. The number of hydrogen-bond acceptors (Lipinski definition) is 5. The zero-order valence-corrected chi connectivity index (χ0v) is 11.5. The molecule has 0 saturated carbocycles. The Hall–Kier alpha value is -2.84. The molecule has 2 amide bonds. The van der Waals surface area contributed by atoms with Crippen LogP contribution < -0.4 is 5.32 Å². The van der Waals surface area contributed by atoms with Crippen LogP contribution in [0.4, 0.5) is 4.39 Å². The van der Waals surface area contributed by atoms with Crippen molar-refractivity contribution in [3.63, 3.8) is 0 Å². The van der Waals surface area contributed by atoms with E-state index in [1.165, 1.54) is 40.2 Å². The maximum atomic E-state index is 13.1. The van der Waals surface area contributed by atoms with Crippen LogP contribution in [0.15, 0.2) is 30.6 Å². The third-order valence-corrected chi connectivity index (χ3v) is 3.41. The lowest BCUT2D eigenvalue weighted by molar-refractivity contribution is -0.144. The molecule has 0 aliphatic carbocycles. The van der Waals surface area contributed by atoms with Gasteiger partial charge in [-0.2, -0.15) is 0 Å². The molecule has 1 aliphatic heterocycles. The van der Waals surface area contributed by atoms with Crippen LogP contribution in [0.2, 0.25) is 0 Å². The summed E-state index contributed by atoms with van der Waals surface area (Å²) in [5, 5.41) is 13.3. The Balaban J connectivity index is 1.84. The summed E-state index contributed by atoms with van der Waals surface area (Å²) in [6.07, 6.45) is 1.33. The second kappa shape index (κ2) is 5.88. The van der Waals surface area contributed by atoms with E-state index in [4.69, 9.17) is 0 Å². The van der Waals surface area contributed by atoms with Crippen molar-refractivity contribution in [3.8, 4) is 0 Å². The van der Waals surface area contributed by atoms with Gasteiger partial charge in [-0.3, -0.25) is 9.59 Å². The molecule has 1 aromatic carbocycles. The van der Waals surface area contributed by atoms with Crippen LogP contribution >= 0.6 is 0 Å². The number of carbonyl (C=O) groups excluding carboxylic acids is 2. The smallest absolute Gasteiger partial charge is 0.247 e. The fraction of sp³-hybridized carbons (Fsp3) is 0.308. The van der Waals surface area contributed by atoms with Gasteiger partial charge in [0.2, 0.25) is 11.8 Å². The molecule has 8 nitrogen and oxygen atoms in total. The number of nitrogens with zero attached hydrogens (tertiary/aromatic N) is 5. The van der Waals surface area contributed by atoms with Crippen LogP contribution in [-0.4, -0.2) is 50.0 Å². The van der Waals surface area contributed by atoms with E-state index in [2.05, 4.69) is 20.8 Å². The number of hydrogen-bond donors (Lipinski definition) is 1. The van der Waals surface area contributed by atoms with Crippen molar-refractivity contribution in [2.75, 3.05) is 13.1 Å². The van der Waals surface area contributed by atoms with Gasteiger partial charge in [0.05, 0.1) is 0 Å². The van der Waals surface area contributed by atoms with Gasteiger partial charge < -0.3 is 10.2 Å². The summed E-state index contributed by atoms with van der Waals surface area (Å²) in [6.45, 7) is 0.685. The number of tetrazole rings is 1. The lowest BCUT2D eigenvalue weighted by Crippen LogP contribution is -2.52. The summed E-state index contributed by atoms with van der Waals surface area (Å²) >= 11 is 0. The number of rotatable bonds is 3. The lowest BCUT2D eigenvalue weighted by Gasteiger charge is -2.35. The van der Waals surface area contributed by atoms with Crippen LogP contribution in [0.5, 0.6) is 0 Å². The van der Waals surface area contributed by atoms with Crippen LogP contribution in [0.1, 0.15) is 11.6 Å². The van der Waals surface area contributed by atoms with Crippen molar-refractivity contribution in [1.82, 2.24) is 30.4 Å². The Bertz CT molecular complexity index is 672. The number of nitrogens with one attached hydrogen (secondary N) is 1. The summed E-state index contributed by atoms with van der Waals surface area (Å²) in [5.74, 6) is -0.967. The van der Waals surface area contributed by atoms with E-state index in [1.54, 1.807) is 0 Å². The number of halogens is 1. The maximum absolute atomic E-state index is 13.1. The number of piperazine rings is 1. The van der Waals surface area contributed by atoms with E-state index in [9.17, 15) is 14.0 Å². The Kier molecular flexibility index (Phi) is 3.77. The zero-order valence-electron chi connectivity index (χ0n) is 11.5. The normalized spacial score (nSPS) is 18.1. The predicted molar refractivity (Wildman–Crippen MR) is 71.7 cm³/mol. The van der Waals surface area contributed by atoms with E-state index in [1.807, 2.05) is 0 Å². The molecule has 0 bridgehead atoms. The third-order valence-electron chi connectivity index (χ3n) is 3.41. The van der Waals surface area contributed by atoms with Crippen LogP contribution in [0.25, 0.3) is 0 Å². The summed E-state index contributed by atoms with van der Waals surface area (Å²) in [7, 11) is 0. The summed E-state index contributed by atoms with van der Waals surface area (Å²) in [5.41, 5.74) is 0.559. The molecule has 114 valence electrons. The first-order valence-corrected chi connectivity index (χ1v) is 6.68. The van der Waals surface area contributed by atoms with Gasteiger partial charge in [-0.15, -0.1) is 5.10 Å². The molecule has 1 aliphatic rings. The minimum atomic E-state index is -0.779. The van der Waals surface area contributed by atoms with Gasteiger partial charge in [0.25, 0.3) is 0 Å². The summed E-state index contributed by atoms with van der Waals surface area (Å²) in [6, 6.07) is 4.76. The molecule has 1 N–H and O–H groups in total. The number of benzene rings is 1. The zero-order chi connectivity index (χ0) is 15.5. The van der Waals surface area contributed by atoms with Gasteiger partial charge in [0.1, 0.15) is 24.7 Å². The molecule has 0 spiro atoms.